The van der Waals surface area contributed by atoms with Gasteiger partial charge in [0.25, 0.3) is 0 Å². The molecule has 1 fully saturated rings. The number of carboxylic acids is 1. The van der Waals surface area contributed by atoms with Gasteiger partial charge >= 0.3 is 12.1 Å². The SMILES string of the molecule is CC(Cc1cccc(C(F)(F)F)c1)C(=O)N1CCCC1(C)C(=O)O. The van der Waals surface area contributed by atoms with Gasteiger partial charge < -0.3 is 10.0 Å². The van der Waals surface area contributed by atoms with Crippen molar-refractivity contribution in [3.8, 4) is 0 Å². The van der Waals surface area contributed by atoms with E-state index in [9.17, 15) is 27.9 Å². The summed E-state index contributed by atoms with van der Waals surface area (Å²) in [5.74, 6) is -1.99. The number of hydrogen-bond acceptors (Lipinski definition) is 2. The minimum atomic E-state index is -4.43. The summed E-state index contributed by atoms with van der Waals surface area (Å²) >= 11 is 0. The number of hydrogen-bond donors (Lipinski definition) is 1. The maximum Gasteiger partial charge on any atom is 0.416 e. The number of benzene rings is 1. The number of amides is 1. The summed E-state index contributed by atoms with van der Waals surface area (Å²) in [4.78, 5) is 25.4. The second-order valence-electron chi connectivity index (χ2n) is 6.48. The van der Waals surface area contributed by atoms with Gasteiger partial charge in [-0.15, -0.1) is 0 Å². The summed E-state index contributed by atoms with van der Waals surface area (Å²) < 4.78 is 38.3. The van der Waals surface area contributed by atoms with Crippen LogP contribution in [-0.2, 0) is 22.2 Å². The lowest BCUT2D eigenvalue weighted by Crippen LogP contribution is -2.52. The van der Waals surface area contributed by atoms with E-state index in [0.29, 0.717) is 24.9 Å². The van der Waals surface area contributed by atoms with Crippen LogP contribution in [0.2, 0.25) is 0 Å². The van der Waals surface area contributed by atoms with Gasteiger partial charge in [0.2, 0.25) is 5.91 Å². The van der Waals surface area contributed by atoms with Gasteiger partial charge in [0, 0.05) is 12.5 Å². The highest BCUT2D eigenvalue weighted by atomic mass is 19.4. The molecule has 1 aromatic rings. The van der Waals surface area contributed by atoms with Crippen molar-refractivity contribution in [2.24, 2.45) is 5.92 Å². The van der Waals surface area contributed by atoms with Crippen LogP contribution >= 0.6 is 0 Å². The first-order chi connectivity index (χ1) is 11.1. The van der Waals surface area contributed by atoms with Crippen molar-refractivity contribution >= 4 is 11.9 Å². The third kappa shape index (κ3) is 3.55. The van der Waals surface area contributed by atoms with Crippen molar-refractivity contribution in [3.05, 3.63) is 35.4 Å². The molecule has 132 valence electrons. The van der Waals surface area contributed by atoms with Crippen molar-refractivity contribution in [2.75, 3.05) is 6.54 Å². The number of nitrogens with zero attached hydrogens (tertiary/aromatic N) is 1. The quantitative estimate of drug-likeness (QED) is 0.912. The average molecular weight is 343 g/mol. The Balaban J connectivity index is 2.14. The molecule has 4 nitrogen and oxygen atoms in total. The number of halogens is 3. The fourth-order valence-corrected chi connectivity index (χ4v) is 3.12. The van der Waals surface area contributed by atoms with Gasteiger partial charge in [-0.05, 0) is 37.8 Å². The van der Waals surface area contributed by atoms with Crippen molar-refractivity contribution in [2.45, 2.75) is 44.8 Å². The predicted octanol–water partition coefficient (Wildman–Crippen LogP) is 3.35. The van der Waals surface area contributed by atoms with E-state index < -0.39 is 29.2 Å². The first-order valence-electron chi connectivity index (χ1n) is 7.76. The predicted molar refractivity (Wildman–Crippen MR) is 81.3 cm³/mol. The van der Waals surface area contributed by atoms with Gasteiger partial charge in [-0.3, -0.25) is 4.79 Å². The Morgan fingerprint density at radius 3 is 2.62 bits per heavy atom. The molecular formula is C17H20F3NO3. The van der Waals surface area contributed by atoms with Crippen LogP contribution in [0.3, 0.4) is 0 Å². The summed E-state index contributed by atoms with van der Waals surface area (Å²) in [6, 6.07) is 4.87. The number of aliphatic carboxylic acids is 1. The van der Waals surface area contributed by atoms with E-state index in [1.54, 1.807) is 13.0 Å². The van der Waals surface area contributed by atoms with Crippen LogP contribution in [0.15, 0.2) is 24.3 Å². The molecule has 2 rings (SSSR count). The van der Waals surface area contributed by atoms with Crippen LogP contribution in [0.25, 0.3) is 0 Å². The smallest absolute Gasteiger partial charge is 0.416 e. The minimum Gasteiger partial charge on any atom is -0.480 e. The molecule has 1 aromatic carbocycles. The number of rotatable bonds is 4. The van der Waals surface area contributed by atoms with Gasteiger partial charge in [0.15, 0.2) is 0 Å². The van der Waals surface area contributed by atoms with Crippen LogP contribution in [-0.4, -0.2) is 34.0 Å². The fraction of sp³-hybridized carbons (Fsp3) is 0.529. The van der Waals surface area contributed by atoms with E-state index in [1.807, 2.05) is 0 Å². The molecule has 2 atom stereocenters. The highest BCUT2D eigenvalue weighted by Crippen LogP contribution is 2.32. The van der Waals surface area contributed by atoms with E-state index in [4.69, 9.17) is 0 Å². The van der Waals surface area contributed by atoms with Crippen LogP contribution in [0.5, 0.6) is 0 Å². The molecule has 0 radical (unpaired) electrons. The summed E-state index contributed by atoms with van der Waals surface area (Å²) in [5, 5.41) is 9.37. The number of carbonyl (C=O) groups is 2. The van der Waals surface area contributed by atoms with E-state index in [0.717, 1.165) is 12.1 Å². The highest BCUT2D eigenvalue weighted by Gasteiger charge is 2.46. The Labute approximate surface area is 138 Å². The molecule has 1 N–H and O–H groups in total. The minimum absolute atomic E-state index is 0.134. The standard InChI is InChI=1S/C17H20F3NO3/c1-11(9-12-5-3-6-13(10-12)17(18,19)20)14(22)21-8-4-7-16(21,2)15(23)24/h3,5-6,10-11H,4,7-9H2,1-2H3,(H,23,24). The van der Waals surface area contributed by atoms with Crippen LogP contribution in [0.1, 0.15) is 37.8 Å². The maximum atomic E-state index is 12.8. The van der Waals surface area contributed by atoms with E-state index in [1.165, 1.54) is 17.9 Å². The van der Waals surface area contributed by atoms with E-state index in [2.05, 4.69) is 0 Å². The summed E-state index contributed by atoms with van der Waals surface area (Å²) in [6.45, 7) is 3.48. The Morgan fingerprint density at radius 1 is 1.38 bits per heavy atom. The second kappa shape index (κ2) is 6.45. The molecular weight excluding hydrogens is 323 g/mol. The van der Waals surface area contributed by atoms with Gasteiger partial charge in [-0.1, -0.05) is 25.1 Å². The normalized spacial score (nSPS) is 22.5. The first kappa shape index (κ1) is 18.3. The lowest BCUT2D eigenvalue weighted by atomic mass is 9.94. The molecule has 1 heterocycles. The zero-order valence-corrected chi connectivity index (χ0v) is 13.6. The highest BCUT2D eigenvalue weighted by molar-refractivity contribution is 5.88. The Morgan fingerprint density at radius 2 is 2.04 bits per heavy atom. The fourth-order valence-electron chi connectivity index (χ4n) is 3.12. The Bertz CT molecular complexity index is 644. The Hall–Kier alpha value is -2.05. The largest absolute Gasteiger partial charge is 0.480 e. The third-order valence-corrected chi connectivity index (χ3v) is 4.59. The molecule has 0 aliphatic carbocycles. The monoisotopic (exact) mass is 343 g/mol. The lowest BCUT2D eigenvalue weighted by Gasteiger charge is -2.33. The summed E-state index contributed by atoms with van der Waals surface area (Å²) in [5.41, 5.74) is -1.59. The van der Waals surface area contributed by atoms with Crippen molar-refractivity contribution in [1.29, 1.82) is 0 Å². The van der Waals surface area contributed by atoms with Gasteiger partial charge in [-0.25, -0.2) is 4.79 Å². The third-order valence-electron chi connectivity index (χ3n) is 4.59. The summed E-state index contributed by atoms with van der Waals surface area (Å²) in [6.07, 6.45) is -3.32. The average Bonchev–Trinajstić information content (AvgIpc) is 2.89. The number of likely N-dealkylation sites (tertiary alicyclic amines) is 1. The van der Waals surface area contributed by atoms with Crippen molar-refractivity contribution < 1.29 is 27.9 Å². The maximum absolute atomic E-state index is 12.8. The molecule has 1 aliphatic rings. The zero-order chi connectivity index (χ0) is 18.1. The molecule has 0 spiro atoms. The van der Waals surface area contributed by atoms with Gasteiger partial charge in [0.1, 0.15) is 5.54 Å². The molecule has 0 saturated carbocycles. The molecule has 1 aliphatic heterocycles. The van der Waals surface area contributed by atoms with Gasteiger partial charge in [0.05, 0.1) is 5.56 Å². The molecule has 2 unspecified atom stereocenters. The molecule has 1 amide bonds. The molecule has 0 aromatic heterocycles. The lowest BCUT2D eigenvalue weighted by molar-refractivity contribution is -0.156. The van der Waals surface area contributed by atoms with Crippen molar-refractivity contribution in [3.63, 3.8) is 0 Å². The van der Waals surface area contributed by atoms with Crippen molar-refractivity contribution in [1.82, 2.24) is 4.90 Å². The van der Waals surface area contributed by atoms with E-state index >= 15 is 0 Å². The van der Waals surface area contributed by atoms with Crippen LogP contribution < -0.4 is 0 Å². The van der Waals surface area contributed by atoms with Crippen LogP contribution in [0.4, 0.5) is 13.2 Å². The molecule has 1 saturated heterocycles. The van der Waals surface area contributed by atoms with Gasteiger partial charge in [-0.2, -0.15) is 13.2 Å². The topological polar surface area (TPSA) is 57.6 Å². The number of carbonyl (C=O) groups excluding carboxylic acids is 1. The number of carboxylic acid groups (broad SMARTS) is 1. The summed E-state index contributed by atoms with van der Waals surface area (Å²) in [7, 11) is 0. The molecule has 24 heavy (non-hydrogen) atoms. The first-order valence-corrected chi connectivity index (χ1v) is 7.76. The molecule has 7 heteroatoms. The van der Waals surface area contributed by atoms with E-state index in [-0.39, 0.29) is 12.3 Å². The Kier molecular flexibility index (Phi) is 4.92. The number of alkyl halides is 3. The molecule has 0 bridgehead atoms. The zero-order valence-electron chi connectivity index (χ0n) is 13.6. The van der Waals surface area contributed by atoms with Crippen LogP contribution in [0, 0.1) is 5.92 Å². The second-order valence-corrected chi connectivity index (χ2v) is 6.48.